The fraction of sp³-hybridized carbons (Fsp3) is 0.737. The van der Waals surface area contributed by atoms with Gasteiger partial charge in [-0.15, -0.1) is 11.3 Å². The van der Waals surface area contributed by atoms with Crippen LogP contribution >= 0.6 is 11.3 Å². The lowest BCUT2D eigenvalue weighted by Gasteiger charge is -2.28. The first kappa shape index (κ1) is 17.9. The molecule has 0 aromatic carbocycles. The Bertz CT molecular complexity index is 558. The number of ether oxygens (including phenoxy) is 1. The van der Waals surface area contributed by atoms with Gasteiger partial charge in [-0.1, -0.05) is 6.92 Å². The van der Waals surface area contributed by atoms with E-state index in [2.05, 4.69) is 36.6 Å². The van der Waals surface area contributed by atoms with Crippen LogP contribution in [-0.4, -0.2) is 54.4 Å². The maximum Gasteiger partial charge on any atom is 0.174 e. The van der Waals surface area contributed by atoms with Gasteiger partial charge in [-0.25, -0.2) is 0 Å². The first-order valence-electron chi connectivity index (χ1n) is 9.23. The molecule has 1 aromatic heterocycles. The smallest absolute Gasteiger partial charge is 0.174 e. The van der Waals surface area contributed by atoms with Crippen LogP contribution in [-0.2, 0) is 17.8 Å². The van der Waals surface area contributed by atoms with Gasteiger partial charge in [0.1, 0.15) is 12.4 Å². The van der Waals surface area contributed by atoms with Gasteiger partial charge in [0.15, 0.2) is 5.06 Å². The Morgan fingerprint density at radius 2 is 2.21 bits per heavy atom. The van der Waals surface area contributed by atoms with Crippen molar-refractivity contribution >= 4 is 17.6 Å². The fourth-order valence-corrected chi connectivity index (χ4v) is 4.82. The Morgan fingerprint density at radius 3 is 2.92 bits per heavy atom. The zero-order valence-corrected chi connectivity index (χ0v) is 16.0. The van der Waals surface area contributed by atoms with Crippen LogP contribution in [0.2, 0.25) is 0 Å². The Kier molecular flexibility index (Phi) is 5.95. The summed E-state index contributed by atoms with van der Waals surface area (Å²) in [5.41, 5.74) is 1.43. The predicted octanol–water partition coefficient (Wildman–Crippen LogP) is 3.19. The van der Waals surface area contributed by atoms with E-state index in [4.69, 9.17) is 4.74 Å². The molecule has 0 bridgehead atoms. The van der Waals surface area contributed by atoms with Crippen LogP contribution < -0.4 is 4.74 Å². The van der Waals surface area contributed by atoms with Crippen LogP contribution in [0.25, 0.3) is 0 Å². The molecule has 2 aliphatic rings. The molecule has 3 rings (SSSR count). The summed E-state index contributed by atoms with van der Waals surface area (Å²) in [4.78, 5) is 17.1. The third kappa shape index (κ3) is 4.38. The molecule has 0 spiro atoms. The highest BCUT2D eigenvalue weighted by molar-refractivity contribution is 7.14. The second-order valence-electron chi connectivity index (χ2n) is 7.62. The first-order valence-corrected chi connectivity index (χ1v) is 10.0. The van der Waals surface area contributed by atoms with Gasteiger partial charge in [-0.2, -0.15) is 0 Å². The van der Waals surface area contributed by atoms with E-state index in [0.29, 0.717) is 24.5 Å². The highest BCUT2D eigenvalue weighted by Gasteiger charge is 2.27. The zero-order chi connectivity index (χ0) is 17.1. The van der Waals surface area contributed by atoms with E-state index in [-0.39, 0.29) is 0 Å². The maximum absolute atomic E-state index is 10.7. The number of thiophene rings is 1. The summed E-state index contributed by atoms with van der Waals surface area (Å²) in [5, 5.41) is 1.10. The van der Waals surface area contributed by atoms with Gasteiger partial charge in [-0.05, 0) is 44.2 Å². The second-order valence-corrected chi connectivity index (χ2v) is 8.72. The number of fused-ring (bicyclic) bond motifs is 1. The lowest BCUT2D eigenvalue weighted by atomic mass is 10.1. The molecule has 1 saturated heterocycles. The van der Waals surface area contributed by atoms with Crippen molar-refractivity contribution in [2.45, 2.75) is 58.7 Å². The first-order chi connectivity index (χ1) is 11.5. The summed E-state index contributed by atoms with van der Waals surface area (Å²) in [6, 6.07) is 2.87. The molecule has 0 amide bonds. The van der Waals surface area contributed by atoms with E-state index >= 15 is 0 Å². The highest BCUT2D eigenvalue weighted by Crippen LogP contribution is 2.35. The molecule has 2 atom stereocenters. The Labute approximate surface area is 149 Å². The largest absolute Gasteiger partial charge is 0.479 e. The summed E-state index contributed by atoms with van der Waals surface area (Å²) in [6.07, 6.45) is 4.29. The number of rotatable bonds is 7. The van der Waals surface area contributed by atoms with Crippen LogP contribution in [0.3, 0.4) is 0 Å². The van der Waals surface area contributed by atoms with Crippen LogP contribution in [0.15, 0.2) is 6.07 Å². The molecule has 0 aliphatic carbocycles. The standard InChI is InChI=1S/C19H30N2O2S/c1-14(2)21-8-4-17(13-21)23-19-10-16-12-20(7-5-18(16)24-19)11-15(3)6-9-22/h9-10,14-15,17H,4-8,11-13H2,1-3H3. The molecule has 2 unspecified atom stereocenters. The summed E-state index contributed by atoms with van der Waals surface area (Å²) >= 11 is 1.84. The molecule has 1 aromatic rings. The number of aldehydes is 1. The van der Waals surface area contributed by atoms with Gasteiger partial charge >= 0.3 is 0 Å². The minimum Gasteiger partial charge on any atom is -0.479 e. The molecule has 2 aliphatic heterocycles. The van der Waals surface area contributed by atoms with E-state index in [1.807, 2.05) is 11.3 Å². The molecule has 24 heavy (non-hydrogen) atoms. The lowest BCUT2D eigenvalue weighted by Crippen LogP contribution is -2.33. The fourth-order valence-electron chi connectivity index (χ4n) is 3.74. The quantitative estimate of drug-likeness (QED) is 0.707. The number of carbonyl (C=O) groups excluding carboxylic acids is 1. The van der Waals surface area contributed by atoms with Gasteiger partial charge in [0.05, 0.1) is 0 Å². The number of hydrogen-bond acceptors (Lipinski definition) is 5. The van der Waals surface area contributed by atoms with E-state index in [1.54, 1.807) is 0 Å². The minimum absolute atomic E-state index is 0.344. The summed E-state index contributed by atoms with van der Waals surface area (Å²) in [6.45, 7) is 12.0. The maximum atomic E-state index is 10.7. The number of hydrogen-bond donors (Lipinski definition) is 0. The van der Waals surface area contributed by atoms with Crippen molar-refractivity contribution in [3.05, 3.63) is 16.5 Å². The lowest BCUT2D eigenvalue weighted by molar-refractivity contribution is -0.108. The molecule has 5 heteroatoms. The van der Waals surface area contributed by atoms with Gasteiger partial charge in [0.25, 0.3) is 0 Å². The van der Waals surface area contributed by atoms with E-state index in [0.717, 1.165) is 56.9 Å². The van der Waals surface area contributed by atoms with Crippen molar-refractivity contribution in [1.29, 1.82) is 0 Å². The van der Waals surface area contributed by atoms with Crippen molar-refractivity contribution in [1.82, 2.24) is 9.80 Å². The number of nitrogens with zero attached hydrogens (tertiary/aromatic N) is 2. The molecule has 0 radical (unpaired) electrons. The van der Waals surface area contributed by atoms with E-state index in [1.165, 1.54) is 10.4 Å². The Morgan fingerprint density at radius 1 is 1.38 bits per heavy atom. The van der Waals surface area contributed by atoms with Gasteiger partial charge in [-0.3, -0.25) is 9.80 Å². The van der Waals surface area contributed by atoms with Crippen LogP contribution in [0.5, 0.6) is 5.06 Å². The number of likely N-dealkylation sites (tertiary alicyclic amines) is 1. The normalized spacial score (nSPS) is 23.4. The minimum atomic E-state index is 0.344. The van der Waals surface area contributed by atoms with Gasteiger partial charge < -0.3 is 9.53 Å². The summed E-state index contributed by atoms with van der Waals surface area (Å²) < 4.78 is 6.28. The van der Waals surface area contributed by atoms with Crippen LogP contribution in [0.1, 0.15) is 44.1 Å². The van der Waals surface area contributed by atoms with Gasteiger partial charge in [0, 0.05) is 50.1 Å². The summed E-state index contributed by atoms with van der Waals surface area (Å²) in [7, 11) is 0. The van der Waals surface area contributed by atoms with Gasteiger partial charge in [0.2, 0.25) is 0 Å². The Hall–Kier alpha value is -0.910. The van der Waals surface area contributed by atoms with Crippen molar-refractivity contribution < 1.29 is 9.53 Å². The summed E-state index contributed by atoms with van der Waals surface area (Å²) in [5.74, 6) is 0.443. The molecular weight excluding hydrogens is 320 g/mol. The molecule has 4 nitrogen and oxygen atoms in total. The molecule has 1 fully saturated rings. The average Bonchev–Trinajstić information content (AvgIpc) is 3.13. The van der Waals surface area contributed by atoms with Crippen molar-refractivity contribution in [2.24, 2.45) is 5.92 Å². The topological polar surface area (TPSA) is 32.8 Å². The second kappa shape index (κ2) is 7.98. The molecular formula is C19H30N2O2S. The average molecular weight is 351 g/mol. The highest BCUT2D eigenvalue weighted by atomic mass is 32.1. The van der Waals surface area contributed by atoms with E-state index in [9.17, 15) is 4.79 Å². The predicted molar refractivity (Wildman–Crippen MR) is 98.9 cm³/mol. The van der Waals surface area contributed by atoms with Crippen molar-refractivity contribution in [3.63, 3.8) is 0 Å². The molecule has 134 valence electrons. The SMILES string of the molecule is CC(CC=O)CN1CCc2sc(OC3CCN(C(C)C)C3)cc2C1. The molecule has 3 heterocycles. The molecule has 0 saturated carbocycles. The van der Waals surface area contributed by atoms with Crippen molar-refractivity contribution in [3.8, 4) is 5.06 Å². The zero-order valence-electron chi connectivity index (χ0n) is 15.2. The third-order valence-electron chi connectivity index (χ3n) is 5.18. The van der Waals surface area contributed by atoms with Crippen LogP contribution in [0, 0.1) is 5.92 Å². The monoisotopic (exact) mass is 350 g/mol. The molecule has 0 N–H and O–H groups in total. The number of carbonyl (C=O) groups is 1. The third-order valence-corrected chi connectivity index (χ3v) is 6.31. The van der Waals surface area contributed by atoms with Crippen molar-refractivity contribution in [2.75, 3.05) is 26.2 Å². The van der Waals surface area contributed by atoms with E-state index < -0.39 is 0 Å². The van der Waals surface area contributed by atoms with Crippen LogP contribution in [0.4, 0.5) is 0 Å². The Balaban J connectivity index is 1.54.